The number of nitrogens with zero attached hydrogens (tertiary/aromatic N) is 2. The van der Waals surface area contributed by atoms with Crippen molar-refractivity contribution >= 4 is 34.2 Å². The van der Waals surface area contributed by atoms with Gasteiger partial charge in [0.2, 0.25) is 17.7 Å². The van der Waals surface area contributed by atoms with E-state index in [1.54, 1.807) is 0 Å². The average molecular weight is 395 g/mol. The summed E-state index contributed by atoms with van der Waals surface area (Å²) in [4.78, 5) is 43.0. The number of anilines is 1. The lowest BCUT2D eigenvalue weighted by Gasteiger charge is -2.14. The van der Waals surface area contributed by atoms with Gasteiger partial charge in [0.25, 0.3) is 0 Å². The molecule has 0 radical (unpaired) electrons. The van der Waals surface area contributed by atoms with Crippen molar-refractivity contribution in [2.75, 3.05) is 11.9 Å². The first-order valence-electron chi connectivity index (χ1n) is 9.27. The van der Waals surface area contributed by atoms with Crippen LogP contribution in [0.5, 0.6) is 0 Å². The first-order chi connectivity index (χ1) is 13.4. The Morgan fingerprint density at radius 3 is 2.54 bits per heavy atom. The molecular weight excluding hydrogens is 374 g/mol. The van der Waals surface area contributed by atoms with E-state index in [1.807, 2.05) is 43.5 Å². The van der Waals surface area contributed by atoms with Crippen LogP contribution in [-0.2, 0) is 14.4 Å². The summed E-state index contributed by atoms with van der Waals surface area (Å²) < 4.78 is 0. The number of carbonyl (C=O) groups is 3. The molecule has 2 heterocycles. The molecule has 28 heavy (non-hydrogen) atoms. The van der Waals surface area contributed by atoms with Crippen molar-refractivity contribution in [1.29, 1.82) is 0 Å². The Hall–Kier alpha value is -2.80. The average Bonchev–Trinajstić information content (AvgIpc) is 3.23. The van der Waals surface area contributed by atoms with Crippen molar-refractivity contribution in [2.45, 2.75) is 26.7 Å². The van der Waals surface area contributed by atoms with E-state index < -0.39 is 5.91 Å². The Morgan fingerprint density at radius 2 is 1.86 bits per heavy atom. The highest BCUT2D eigenvalue weighted by Gasteiger charge is 2.47. The smallest absolute Gasteiger partial charge is 0.246 e. The van der Waals surface area contributed by atoms with Crippen LogP contribution in [0, 0.1) is 25.7 Å². The predicted molar refractivity (Wildman–Crippen MR) is 108 cm³/mol. The second-order valence-corrected chi connectivity index (χ2v) is 8.18. The van der Waals surface area contributed by atoms with Gasteiger partial charge in [0.15, 0.2) is 5.13 Å². The lowest BCUT2D eigenvalue weighted by atomic mass is 9.85. The largest absolute Gasteiger partial charge is 0.300 e. The fraction of sp³-hybridized carbons (Fsp3) is 0.333. The Labute approximate surface area is 167 Å². The van der Waals surface area contributed by atoms with Crippen LogP contribution in [0.1, 0.15) is 24.0 Å². The van der Waals surface area contributed by atoms with Crippen LogP contribution < -0.4 is 5.32 Å². The normalized spacial score (nSPS) is 21.1. The SMILES string of the molecule is Cc1ccc(C)c(-c2csc(NC(=O)CN3C(=O)C4CC=CCC4C3=O)n2)c1. The van der Waals surface area contributed by atoms with Crippen molar-refractivity contribution in [3.63, 3.8) is 0 Å². The zero-order valence-electron chi connectivity index (χ0n) is 15.8. The highest BCUT2D eigenvalue weighted by molar-refractivity contribution is 7.14. The van der Waals surface area contributed by atoms with Gasteiger partial charge in [-0.1, -0.05) is 29.8 Å². The standard InChI is InChI=1S/C21H21N3O3S/c1-12-7-8-13(2)16(9-12)17-11-28-21(22-17)23-18(25)10-24-19(26)14-5-3-4-6-15(14)20(24)27/h3-4,7-9,11,14-15H,5-6,10H2,1-2H3,(H,22,23,25). The number of aryl methyl sites for hydroxylation is 2. The number of hydrogen-bond donors (Lipinski definition) is 1. The monoisotopic (exact) mass is 395 g/mol. The summed E-state index contributed by atoms with van der Waals surface area (Å²) in [6.07, 6.45) is 5.00. The van der Waals surface area contributed by atoms with E-state index in [0.29, 0.717) is 18.0 Å². The molecule has 7 heteroatoms. The molecule has 2 unspecified atom stereocenters. The number of benzene rings is 1. The second-order valence-electron chi connectivity index (χ2n) is 7.32. The van der Waals surface area contributed by atoms with E-state index in [0.717, 1.165) is 27.3 Å². The molecule has 1 aromatic carbocycles. The molecule has 0 spiro atoms. The molecule has 2 atom stereocenters. The minimum atomic E-state index is -0.407. The van der Waals surface area contributed by atoms with Crippen LogP contribution in [0.4, 0.5) is 5.13 Å². The van der Waals surface area contributed by atoms with Gasteiger partial charge in [0.05, 0.1) is 17.5 Å². The van der Waals surface area contributed by atoms with Gasteiger partial charge in [-0.15, -0.1) is 11.3 Å². The van der Waals surface area contributed by atoms with E-state index in [9.17, 15) is 14.4 Å². The minimum Gasteiger partial charge on any atom is -0.300 e. The number of hydrogen-bond acceptors (Lipinski definition) is 5. The summed E-state index contributed by atoms with van der Waals surface area (Å²) in [5.74, 6) is -1.54. The molecule has 4 rings (SSSR count). The number of carbonyl (C=O) groups excluding carboxylic acids is 3. The molecule has 1 N–H and O–H groups in total. The zero-order valence-corrected chi connectivity index (χ0v) is 16.6. The molecule has 0 saturated carbocycles. The highest BCUT2D eigenvalue weighted by Crippen LogP contribution is 2.35. The summed E-state index contributed by atoms with van der Waals surface area (Å²) in [6, 6.07) is 6.15. The van der Waals surface area contributed by atoms with Crippen LogP contribution in [0.25, 0.3) is 11.3 Å². The zero-order chi connectivity index (χ0) is 19.8. The molecule has 1 aliphatic carbocycles. The van der Waals surface area contributed by atoms with Crippen molar-refractivity contribution in [1.82, 2.24) is 9.88 Å². The van der Waals surface area contributed by atoms with Gasteiger partial charge >= 0.3 is 0 Å². The molecule has 0 bridgehead atoms. The highest BCUT2D eigenvalue weighted by atomic mass is 32.1. The van der Waals surface area contributed by atoms with Crippen molar-refractivity contribution in [2.24, 2.45) is 11.8 Å². The maximum absolute atomic E-state index is 12.5. The van der Waals surface area contributed by atoms with Crippen molar-refractivity contribution < 1.29 is 14.4 Å². The summed E-state index contributed by atoms with van der Waals surface area (Å²) >= 11 is 1.33. The van der Waals surface area contributed by atoms with Gasteiger partial charge in [-0.05, 0) is 38.3 Å². The molecule has 3 amide bonds. The number of fused-ring (bicyclic) bond motifs is 1. The van der Waals surface area contributed by atoms with Gasteiger partial charge in [0.1, 0.15) is 6.54 Å². The van der Waals surface area contributed by atoms with Crippen LogP contribution in [0.2, 0.25) is 0 Å². The van der Waals surface area contributed by atoms with Gasteiger partial charge in [-0.3, -0.25) is 19.3 Å². The Balaban J connectivity index is 1.44. The van der Waals surface area contributed by atoms with Gasteiger partial charge in [-0.25, -0.2) is 4.98 Å². The number of imide groups is 1. The van der Waals surface area contributed by atoms with E-state index in [4.69, 9.17) is 0 Å². The molecule has 144 valence electrons. The predicted octanol–water partition coefficient (Wildman–Crippen LogP) is 3.32. The first kappa shape index (κ1) is 18.6. The molecule has 6 nitrogen and oxygen atoms in total. The van der Waals surface area contributed by atoms with E-state index >= 15 is 0 Å². The van der Waals surface area contributed by atoms with Crippen LogP contribution in [-0.4, -0.2) is 34.2 Å². The maximum Gasteiger partial charge on any atom is 0.246 e. The number of amides is 3. The summed E-state index contributed by atoms with van der Waals surface area (Å²) in [5.41, 5.74) is 4.07. The number of thiazole rings is 1. The van der Waals surface area contributed by atoms with Gasteiger partial charge < -0.3 is 5.32 Å². The summed E-state index contributed by atoms with van der Waals surface area (Å²) in [6.45, 7) is 3.78. The number of rotatable bonds is 4. The third-order valence-corrected chi connectivity index (χ3v) is 6.08. The Bertz CT molecular complexity index is 969. The van der Waals surface area contributed by atoms with Gasteiger partial charge in [-0.2, -0.15) is 0 Å². The fourth-order valence-electron chi connectivity index (χ4n) is 3.79. The topological polar surface area (TPSA) is 79.4 Å². The third-order valence-electron chi connectivity index (χ3n) is 5.32. The minimum absolute atomic E-state index is 0.246. The molecule has 2 aromatic rings. The Morgan fingerprint density at radius 1 is 1.18 bits per heavy atom. The van der Waals surface area contributed by atoms with Gasteiger partial charge in [0, 0.05) is 10.9 Å². The Kier molecular flexibility index (Phi) is 4.85. The second kappa shape index (κ2) is 7.31. The molecule has 1 aliphatic heterocycles. The van der Waals surface area contributed by atoms with Crippen molar-refractivity contribution in [3.05, 3.63) is 46.9 Å². The van der Waals surface area contributed by atoms with E-state index in [1.165, 1.54) is 11.3 Å². The van der Waals surface area contributed by atoms with E-state index in [-0.39, 0.29) is 30.2 Å². The molecule has 1 fully saturated rings. The van der Waals surface area contributed by atoms with Crippen LogP contribution in [0.3, 0.4) is 0 Å². The van der Waals surface area contributed by atoms with Crippen molar-refractivity contribution in [3.8, 4) is 11.3 Å². The lowest BCUT2D eigenvalue weighted by molar-refractivity contribution is -0.142. The number of aromatic nitrogens is 1. The van der Waals surface area contributed by atoms with Crippen LogP contribution in [0.15, 0.2) is 35.7 Å². The number of likely N-dealkylation sites (tertiary alicyclic amines) is 1. The summed E-state index contributed by atoms with van der Waals surface area (Å²) in [5, 5.41) is 5.07. The molecule has 1 aromatic heterocycles. The fourth-order valence-corrected chi connectivity index (χ4v) is 4.52. The maximum atomic E-state index is 12.5. The quantitative estimate of drug-likeness (QED) is 0.636. The third kappa shape index (κ3) is 3.38. The lowest BCUT2D eigenvalue weighted by Crippen LogP contribution is -2.38. The molecular formula is C21H21N3O3S. The number of allylic oxidation sites excluding steroid dienone is 2. The van der Waals surface area contributed by atoms with E-state index in [2.05, 4.69) is 16.4 Å². The molecule has 2 aliphatic rings. The molecule has 1 saturated heterocycles. The first-order valence-corrected chi connectivity index (χ1v) is 10.1. The number of nitrogens with one attached hydrogen (secondary N) is 1. The summed E-state index contributed by atoms with van der Waals surface area (Å²) in [7, 11) is 0. The van der Waals surface area contributed by atoms with Crippen LogP contribution >= 0.6 is 11.3 Å².